The molecule has 0 radical (unpaired) electrons. The lowest BCUT2D eigenvalue weighted by Gasteiger charge is -2.42. The maximum Gasteiger partial charge on any atom is 0.367 e. The molecule has 1 aliphatic heterocycles. The summed E-state index contributed by atoms with van der Waals surface area (Å²) in [6.07, 6.45) is 1.19. The molecular weight excluding hydrogens is 217 g/mol. The molecule has 1 saturated heterocycles. The van der Waals surface area contributed by atoms with E-state index in [9.17, 15) is 13.6 Å². The molecule has 2 atom stereocenters. The third kappa shape index (κ3) is 2.37. The predicted molar refractivity (Wildman–Crippen MR) is 56.0 cm³/mol. The van der Waals surface area contributed by atoms with Crippen LogP contribution in [-0.4, -0.2) is 46.4 Å². The van der Waals surface area contributed by atoms with Crippen molar-refractivity contribution < 1.29 is 13.6 Å². The Labute approximate surface area is 95.0 Å². The minimum absolute atomic E-state index is 0.0797. The molecule has 14 heavy (non-hydrogen) atoms. The second-order valence-electron chi connectivity index (χ2n) is 4.35. The number of nitrogens with zero attached hydrogens (tertiary/aromatic N) is 1. The Balaban J connectivity index is 2.72. The molecule has 0 aliphatic carbocycles. The van der Waals surface area contributed by atoms with Gasteiger partial charge in [-0.3, -0.25) is 9.00 Å². The van der Waals surface area contributed by atoms with Crippen LogP contribution in [0.3, 0.4) is 0 Å². The molecule has 0 saturated carbocycles. The van der Waals surface area contributed by atoms with Gasteiger partial charge in [-0.1, -0.05) is 0 Å². The monoisotopic (exact) mass is 232 g/mol. The van der Waals surface area contributed by atoms with Crippen LogP contribution in [0.2, 0.25) is 0 Å². The van der Waals surface area contributed by atoms with Crippen molar-refractivity contribution in [3.8, 4) is 0 Å². The van der Waals surface area contributed by atoms with E-state index in [0.29, 0.717) is 35.9 Å². The number of carbonyl (C=O) groups is 1. The zero-order valence-corrected chi connectivity index (χ0v) is 11.6. The van der Waals surface area contributed by atoms with Crippen LogP contribution in [0.4, 0.5) is 0 Å². The number of piperidine rings is 1. The quantitative estimate of drug-likeness (QED) is 0.473. The summed E-state index contributed by atoms with van der Waals surface area (Å²) >= 11 is -1.39. The topological polar surface area (TPSA) is 60.4 Å². The average Bonchev–Trinajstić information content (AvgIpc) is 2.09. The SMILES string of the molecule is CC(C)(C1CCC(=O)[N]([AlH2])C1)S(=O)[O-]. The highest BCUT2D eigenvalue weighted by molar-refractivity contribution is 7.80. The highest BCUT2D eigenvalue weighted by Gasteiger charge is 2.35. The summed E-state index contributed by atoms with van der Waals surface area (Å²) in [6, 6.07) is 0. The molecule has 1 fully saturated rings. The van der Waals surface area contributed by atoms with Crippen molar-refractivity contribution in [2.24, 2.45) is 5.92 Å². The first-order valence-corrected chi connectivity index (χ1v) is 6.66. The van der Waals surface area contributed by atoms with E-state index in [1.165, 1.54) is 0 Å². The average molecular weight is 232 g/mol. The van der Waals surface area contributed by atoms with E-state index in [4.69, 9.17) is 0 Å². The van der Waals surface area contributed by atoms with Crippen LogP contribution < -0.4 is 0 Å². The van der Waals surface area contributed by atoms with Crippen LogP contribution in [0.15, 0.2) is 0 Å². The van der Waals surface area contributed by atoms with Gasteiger partial charge < -0.3 is 8.44 Å². The Hall–Kier alpha value is 0.112. The minimum atomic E-state index is -2.07. The molecule has 0 N–H and O–H groups in total. The molecule has 1 rings (SSSR count). The van der Waals surface area contributed by atoms with Gasteiger partial charge >= 0.3 is 16.5 Å². The number of hydrogen-bond acceptors (Lipinski definition) is 3. The van der Waals surface area contributed by atoms with E-state index in [1.54, 1.807) is 17.7 Å². The molecule has 0 aromatic carbocycles. The summed E-state index contributed by atoms with van der Waals surface area (Å²) in [5, 5.41) is 0. The Morgan fingerprint density at radius 3 is 2.64 bits per heavy atom. The van der Waals surface area contributed by atoms with Gasteiger partial charge in [0.15, 0.2) is 5.91 Å². The summed E-state index contributed by atoms with van der Waals surface area (Å²) in [5.74, 6) is 0.247. The fourth-order valence-corrected chi connectivity index (χ4v) is 2.84. The van der Waals surface area contributed by atoms with Gasteiger partial charge in [-0.25, -0.2) is 0 Å². The lowest BCUT2D eigenvalue weighted by atomic mass is 9.88. The van der Waals surface area contributed by atoms with Gasteiger partial charge in [0.05, 0.1) is 0 Å². The second-order valence-corrected chi connectivity index (χ2v) is 6.95. The van der Waals surface area contributed by atoms with E-state index in [0.717, 1.165) is 0 Å². The highest BCUT2D eigenvalue weighted by atomic mass is 32.2. The van der Waals surface area contributed by atoms with E-state index < -0.39 is 15.8 Å². The van der Waals surface area contributed by atoms with Crippen LogP contribution in [0.5, 0.6) is 0 Å². The van der Waals surface area contributed by atoms with Gasteiger partial charge in [-0.15, -0.1) is 0 Å². The molecular formula is C8H15AlNO3S-. The molecule has 2 unspecified atom stereocenters. The van der Waals surface area contributed by atoms with Crippen molar-refractivity contribution in [2.75, 3.05) is 6.54 Å². The molecule has 0 aromatic rings. The molecule has 80 valence electrons. The molecule has 0 bridgehead atoms. The first kappa shape index (κ1) is 12.2. The van der Waals surface area contributed by atoms with Crippen molar-refractivity contribution in [2.45, 2.75) is 31.4 Å². The number of amides is 1. The fraction of sp³-hybridized carbons (Fsp3) is 0.875. The third-order valence-corrected chi connectivity index (χ3v) is 5.10. The summed E-state index contributed by atoms with van der Waals surface area (Å²) in [5.41, 5.74) is 0. The van der Waals surface area contributed by atoms with Crippen LogP contribution in [0, 0.1) is 5.92 Å². The van der Waals surface area contributed by atoms with Gasteiger partial charge in [-0.05, 0) is 43.8 Å². The highest BCUT2D eigenvalue weighted by Crippen LogP contribution is 2.30. The van der Waals surface area contributed by atoms with E-state index in [-0.39, 0.29) is 11.8 Å². The Bertz CT molecular complexity index is 269. The van der Waals surface area contributed by atoms with Crippen molar-refractivity contribution in [1.29, 1.82) is 0 Å². The van der Waals surface area contributed by atoms with E-state index in [2.05, 4.69) is 0 Å². The molecule has 1 aliphatic rings. The molecule has 0 spiro atoms. The van der Waals surface area contributed by atoms with Crippen LogP contribution in [0.1, 0.15) is 26.7 Å². The molecule has 1 heterocycles. The molecule has 4 nitrogen and oxygen atoms in total. The molecule has 6 heteroatoms. The van der Waals surface area contributed by atoms with Gasteiger partial charge in [0.2, 0.25) is 0 Å². The van der Waals surface area contributed by atoms with Gasteiger partial charge in [0, 0.05) is 11.2 Å². The van der Waals surface area contributed by atoms with Crippen molar-refractivity contribution in [3.63, 3.8) is 0 Å². The first-order valence-electron chi connectivity index (χ1n) is 4.69. The predicted octanol–water partition coefficient (Wildman–Crippen LogP) is -0.569. The van der Waals surface area contributed by atoms with Crippen molar-refractivity contribution in [1.82, 2.24) is 3.88 Å². The second kappa shape index (κ2) is 4.32. The summed E-state index contributed by atoms with van der Waals surface area (Å²) < 4.78 is 23.1. The van der Waals surface area contributed by atoms with Gasteiger partial charge in [-0.2, -0.15) is 0 Å². The fourth-order valence-electron chi connectivity index (χ4n) is 1.72. The lowest BCUT2D eigenvalue weighted by Crippen LogP contribution is -2.48. The van der Waals surface area contributed by atoms with E-state index >= 15 is 0 Å². The Morgan fingerprint density at radius 1 is 1.64 bits per heavy atom. The lowest BCUT2D eigenvalue weighted by molar-refractivity contribution is -0.129. The maximum absolute atomic E-state index is 11.2. The van der Waals surface area contributed by atoms with Crippen LogP contribution >= 0.6 is 0 Å². The largest absolute Gasteiger partial charge is 0.772 e. The van der Waals surface area contributed by atoms with E-state index in [1.807, 2.05) is 0 Å². The normalized spacial score (nSPS) is 26.4. The van der Waals surface area contributed by atoms with Crippen molar-refractivity contribution >= 4 is 33.5 Å². The van der Waals surface area contributed by atoms with Crippen molar-refractivity contribution in [3.05, 3.63) is 0 Å². The summed E-state index contributed by atoms with van der Waals surface area (Å²) in [4.78, 5) is 11.2. The summed E-state index contributed by atoms with van der Waals surface area (Å²) in [6.45, 7) is 4.06. The maximum atomic E-state index is 11.2. The van der Waals surface area contributed by atoms with Gasteiger partial charge in [0.1, 0.15) is 0 Å². The number of rotatable bonds is 2. The van der Waals surface area contributed by atoms with Gasteiger partial charge in [0.25, 0.3) is 0 Å². The van der Waals surface area contributed by atoms with Crippen LogP contribution in [0.25, 0.3) is 0 Å². The number of hydrogen-bond donors (Lipinski definition) is 0. The summed E-state index contributed by atoms with van der Waals surface area (Å²) in [7, 11) is 0. The minimum Gasteiger partial charge on any atom is -0.772 e. The Kier molecular flexibility index (Phi) is 3.76. The Morgan fingerprint density at radius 2 is 2.21 bits per heavy atom. The smallest absolute Gasteiger partial charge is 0.367 e. The third-order valence-electron chi connectivity index (χ3n) is 3.04. The standard InChI is InChI=1S/C8H15NO3S.Al.2H/c1-8(2,13(11)12)6-3-4-7(10)9-5-6;;;/h6H,3-5H2,1-2H3,(H2,9,10,11,12);;;/q;+1;;/p-2. The molecule has 0 aromatic heterocycles. The first-order chi connectivity index (χ1) is 6.35. The van der Waals surface area contributed by atoms with Crippen LogP contribution in [-0.2, 0) is 15.9 Å². The zero-order chi connectivity index (χ0) is 10.9. The molecule has 1 amide bonds. The zero-order valence-electron chi connectivity index (χ0n) is 8.78. The number of carbonyl (C=O) groups excluding carboxylic acids is 1.